The van der Waals surface area contributed by atoms with Crippen molar-refractivity contribution in [1.29, 1.82) is 0 Å². The Morgan fingerprint density at radius 3 is 2.48 bits per heavy atom. The molecule has 1 aromatic carbocycles. The molecule has 0 radical (unpaired) electrons. The van der Waals surface area contributed by atoms with Crippen LogP contribution in [0.25, 0.3) is 11.8 Å². The maximum Gasteiger partial charge on any atom is 0.416 e. The third kappa shape index (κ3) is 5.46. The van der Waals surface area contributed by atoms with Gasteiger partial charge in [0, 0.05) is 24.5 Å². The highest BCUT2D eigenvalue weighted by molar-refractivity contribution is 7.89. The molecule has 2 saturated carbocycles. The molecule has 15 heteroatoms. The van der Waals surface area contributed by atoms with Gasteiger partial charge in [-0.25, -0.2) is 26.6 Å². The highest BCUT2D eigenvalue weighted by Gasteiger charge is 2.53. The topological polar surface area (TPSA) is 103 Å². The van der Waals surface area contributed by atoms with E-state index in [0.717, 1.165) is 29.4 Å². The summed E-state index contributed by atoms with van der Waals surface area (Å²) < 4.78 is 101. The molecule has 48 heavy (non-hydrogen) atoms. The van der Waals surface area contributed by atoms with Crippen LogP contribution < -0.4 is 0 Å². The minimum absolute atomic E-state index is 0.0211. The average Bonchev–Trinajstić information content (AvgIpc) is 3.69. The Morgan fingerprint density at radius 1 is 1.08 bits per heavy atom. The first-order valence-corrected chi connectivity index (χ1v) is 17.1. The predicted molar refractivity (Wildman–Crippen MR) is 164 cm³/mol. The minimum atomic E-state index is -4.71. The number of nitrogens with zero attached hydrogens (tertiary/aromatic N) is 6. The van der Waals surface area contributed by atoms with E-state index < -0.39 is 51.1 Å². The number of sulfonamides is 1. The summed E-state index contributed by atoms with van der Waals surface area (Å²) in [5, 5.41) is 8.18. The Bertz CT molecular complexity index is 2020. The number of allylic oxidation sites excluding steroid dienone is 1. The highest BCUT2D eigenvalue weighted by atomic mass is 32.2. The standard InChI is InChI=1S/C33H31F5N6O3S/c1-20(34)42-14-12-30(41-42)48(46,47)44(26-3-2-4-26)27-8-5-22-16-29-21(19-40-43(29)25-9-6-24(35)7-10-25)17-32(22,18-27)31(45)28-15-23(11-13-39-28)33(36,37)38/h6-7,9-16,19-20,26-27H,2-5,8,17-18H2,1H3/t20?,27-,32-/m0/s1. The molecular weight excluding hydrogens is 655 g/mol. The fraction of sp³-hybridized carbons (Fsp3) is 0.394. The van der Waals surface area contributed by atoms with Crippen LogP contribution in [0.1, 0.15) is 79.1 Å². The van der Waals surface area contributed by atoms with Gasteiger partial charge < -0.3 is 0 Å². The van der Waals surface area contributed by atoms with E-state index in [-0.39, 0.29) is 36.0 Å². The van der Waals surface area contributed by atoms with Gasteiger partial charge in [0.2, 0.25) is 0 Å². The van der Waals surface area contributed by atoms with Gasteiger partial charge >= 0.3 is 6.18 Å². The zero-order valence-corrected chi connectivity index (χ0v) is 26.6. The molecule has 4 aromatic rings. The summed E-state index contributed by atoms with van der Waals surface area (Å²) in [6.07, 6.45) is 1.87. The lowest BCUT2D eigenvalue weighted by atomic mass is 9.60. The molecule has 3 heterocycles. The number of rotatable bonds is 8. The number of alkyl halides is 4. The lowest BCUT2D eigenvalue weighted by molar-refractivity contribution is -0.137. The number of hydrogen-bond donors (Lipinski definition) is 0. The lowest BCUT2D eigenvalue weighted by Crippen LogP contribution is -2.55. The number of fused-ring (bicyclic) bond motifs is 2. The molecule has 0 aliphatic heterocycles. The summed E-state index contributed by atoms with van der Waals surface area (Å²) in [5.41, 5.74) is -0.366. The van der Waals surface area contributed by atoms with Gasteiger partial charge in [0.05, 0.1) is 28.6 Å². The molecule has 7 rings (SSSR count). The average molecular weight is 687 g/mol. The van der Waals surface area contributed by atoms with Gasteiger partial charge in [0.1, 0.15) is 11.5 Å². The van der Waals surface area contributed by atoms with E-state index in [0.29, 0.717) is 41.8 Å². The van der Waals surface area contributed by atoms with Crippen molar-refractivity contribution >= 4 is 21.9 Å². The second kappa shape index (κ2) is 11.7. The van der Waals surface area contributed by atoms with Gasteiger partial charge in [0.15, 0.2) is 17.1 Å². The molecule has 0 amide bonds. The second-order valence-electron chi connectivity index (χ2n) is 12.7. The van der Waals surface area contributed by atoms with E-state index in [4.69, 9.17) is 0 Å². The number of ketones is 1. The third-order valence-corrected chi connectivity index (χ3v) is 11.6. The number of hydrogen-bond acceptors (Lipinski definition) is 6. The van der Waals surface area contributed by atoms with E-state index in [1.165, 1.54) is 35.6 Å². The van der Waals surface area contributed by atoms with Gasteiger partial charge in [-0.2, -0.15) is 27.7 Å². The fourth-order valence-electron chi connectivity index (χ4n) is 7.16. The van der Waals surface area contributed by atoms with Crippen molar-refractivity contribution in [2.45, 2.75) is 81.5 Å². The molecule has 0 spiro atoms. The van der Waals surface area contributed by atoms with Gasteiger partial charge in [-0.15, -0.1) is 0 Å². The second-order valence-corrected chi connectivity index (χ2v) is 14.4. The third-order valence-electron chi connectivity index (χ3n) is 9.75. The highest BCUT2D eigenvalue weighted by Crippen LogP contribution is 2.52. The van der Waals surface area contributed by atoms with Crippen LogP contribution in [0.15, 0.2) is 71.7 Å². The molecule has 252 valence electrons. The monoisotopic (exact) mass is 686 g/mol. The molecule has 9 nitrogen and oxygen atoms in total. The van der Waals surface area contributed by atoms with E-state index in [1.54, 1.807) is 29.1 Å². The molecule has 3 aliphatic carbocycles. The van der Waals surface area contributed by atoms with Crippen molar-refractivity contribution in [2.75, 3.05) is 0 Å². The number of carbonyl (C=O) groups excluding carboxylic acids is 1. The number of benzene rings is 1. The van der Waals surface area contributed by atoms with Gasteiger partial charge in [-0.1, -0.05) is 12.0 Å². The first kappa shape index (κ1) is 32.3. The zero-order chi connectivity index (χ0) is 34.0. The molecular formula is C33H31F5N6O3S. The number of halogens is 5. The number of pyridine rings is 1. The van der Waals surface area contributed by atoms with E-state index in [9.17, 15) is 35.2 Å². The van der Waals surface area contributed by atoms with Gasteiger partial charge in [-0.05, 0) is 99.6 Å². The maximum atomic E-state index is 14.6. The van der Waals surface area contributed by atoms with Gasteiger partial charge in [0.25, 0.3) is 10.0 Å². The van der Waals surface area contributed by atoms with Crippen molar-refractivity contribution in [3.8, 4) is 5.69 Å². The summed E-state index contributed by atoms with van der Waals surface area (Å²) in [4.78, 5) is 18.7. The predicted octanol–water partition coefficient (Wildman–Crippen LogP) is 6.71. The Balaban J connectivity index is 1.33. The number of carbonyl (C=O) groups is 1. The van der Waals surface area contributed by atoms with Crippen molar-refractivity contribution in [3.05, 3.63) is 95.0 Å². The van der Waals surface area contributed by atoms with E-state index in [1.807, 2.05) is 0 Å². The maximum absolute atomic E-state index is 14.6. The van der Waals surface area contributed by atoms with Crippen molar-refractivity contribution < 1.29 is 35.2 Å². The van der Waals surface area contributed by atoms with Crippen LogP contribution in [-0.4, -0.2) is 55.1 Å². The summed E-state index contributed by atoms with van der Waals surface area (Å²) in [7, 11) is -4.26. The molecule has 1 unspecified atom stereocenters. The number of Topliss-reactive ketones (excluding diaryl/α,β-unsaturated/α-hetero) is 1. The Morgan fingerprint density at radius 2 is 1.83 bits per heavy atom. The van der Waals surface area contributed by atoms with Crippen LogP contribution >= 0.6 is 0 Å². The quantitative estimate of drug-likeness (QED) is 0.151. The molecule has 0 bridgehead atoms. The van der Waals surface area contributed by atoms with E-state index >= 15 is 0 Å². The summed E-state index contributed by atoms with van der Waals surface area (Å²) >= 11 is 0. The molecule has 0 N–H and O–H groups in total. The fourth-order valence-corrected chi connectivity index (χ4v) is 8.98. The van der Waals surface area contributed by atoms with Crippen LogP contribution in [0.4, 0.5) is 22.0 Å². The molecule has 3 atom stereocenters. The van der Waals surface area contributed by atoms with E-state index in [2.05, 4.69) is 15.2 Å². The van der Waals surface area contributed by atoms with Crippen molar-refractivity contribution in [2.24, 2.45) is 5.41 Å². The number of aromatic nitrogens is 5. The van der Waals surface area contributed by atoms with Crippen LogP contribution in [0.2, 0.25) is 0 Å². The smallest absolute Gasteiger partial charge is 0.291 e. The zero-order valence-electron chi connectivity index (χ0n) is 25.7. The normalized spacial score (nSPS) is 22.1. The first-order chi connectivity index (χ1) is 22.8. The van der Waals surface area contributed by atoms with Crippen molar-refractivity contribution in [1.82, 2.24) is 28.9 Å². The van der Waals surface area contributed by atoms with Gasteiger partial charge in [-0.3, -0.25) is 9.78 Å². The Kier molecular flexibility index (Phi) is 7.89. The lowest BCUT2D eigenvalue weighted by Gasteiger charge is -2.49. The molecule has 3 aromatic heterocycles. The van der Waals surface area contributed by atoms with Crippen LogP contribution in [0.5, 0.6) is 0 Å². The summed E-state index contributed by atoms with van der Waals surface area (Å²) in [5.74, 6) is -1.07. The van der Waals surface area contributed by atoms with Crippen LogP contribution in [0.3, 0.4) is 0 Å². The first-order valence-electron chi connectivity index (χ1n) is 15.6. The summed E-state index contributed by atoms with van der Waals surface area (Å²) in [6.45, 7) is 1.23. The SMILES string of the molecule is CC(F)n1ccc(S(=O)(=O)N(C2CCC2)[C@H]2CCC3=Cc4c(cnn4-c4ccc(F)cc4)C[C@]3(C(=O)c3cc(C(F)(F)F)ccn3)C2)n1. The largest absolute Gasteiger partial charge is 0.416 e. The van der Waals surface area contributed by atoms with Crippen LogP contribution in [0, 0.1) is 11.2 Å². The Hall–Kier alpha value is -4.24. The summed E-state index contributed by atoms with van der Waals surface area (Å²) in [6, 6.07) is 7.40. The van der Waals surface area contributed by atoms with Crippen molar-refractivity contribution in [3.63, 3.8) is 0 Å². The molecule has 3 aliphatic rings. The molecule has 2 fully saturated rings. The van der Waals surface area contributed by atoms with Crippen LogP contribution in [-0.2, 0) is 22.6 Å². The minimum Gasteiger partial charge on any atom is -0.291 e. The Labute approximate surface area is 273 Å². The molecule has 0 saturated heterocycles.